The summed E-state index contributed by atoms with van der Waals surface area (Å²) in [6, 6.07) is 35.4. The number of rotatable bonds is 16. The van der Waals surface area contributed by atoms with Gasteiger partial charge in [0.15, 0.2) is 0 Å². The number of carbonyl (C=O) groups is 3. The summed E-state index contributed by atoms with van der Waals surface area (Å²) in [7, 11) is -7.09. The number of ether oxygens (including phenoxy) is 1. The largest absolute Gasteiger partial charge is 0.457 e. The summed E-state index contributed by atoms with van der Waals surface area (Å²) in [5.41, 5.74) is 10.4. The molecular weight excluding hydrogens is 953 g/mol. The Balaban J connectivity index is 1.49. The second-order valence-electron chi connectivity index (χ2n) is 17.5. The maximum atomic E-state index is 14.5. The number of aryl methyl sites for hydroxylation is 4. The summed E-state index contributed by atoms with van der Waals surface area (Å²) in [6.45, 7) is 11.1. The van der Waals surface area contributed by atoms with E-state index in [0.717, 1.165) is 33.9 Å². The Hall–Kier alpha value is -7.76. The molecule has 370 valence electrons. The second-order valence-corrected chi connectivity index (χ2v) is 20.3. The van der Waals surface area contributed by atoms with Crippen LogP contribution in [0.15, 0.2) is 137 Å². The Kier molecular flexibility index (Phi) is 15.4. The first-order chi connectivity index (χ1) is 34.1. The normalized spacial score (nSPS) is 11.4. The first-order valence-electron chi connectivity index (χ1n) is 22.8. The van der Waals surface area contributed by atoms with Crippen LogP contribution in [-0.4, -0.2) is 57.8 Å². The maximum Gasteiger partial charge on any atom is 0.346 e. The SMILES string of the molecule is CNC(=O)c1c(C)cc(C)c(Nc2ccc([C+](c3ccc(Nc4c(C)cc(C)c(C(=O)NC)c4C)c(C(=O)OCc4ccccc4)c3)c3ccc(S(=O)(=O)O)cc3S(=O)(=O)O)cc2Cc2ccccc2)c1C. The van der Waals surface area contributed by atoms with Crippen molar-refractivity contribution in [2.24, 2.45) is 0 Å². The Morgan fingerprint density at radius 3 is 1.57 bits per heavy atom. The minimum absolute atomic E-state index is 0.00444. The number of benzene rings is 7. The van der Waals surface area contributed by atoms with Gasteiger partial charge in [-0.25, -0.2) is 4.79 Å². The van der Waals surface area contributed by atoms with E-state index in [0.29, 0.717) is 68.5 Å². The van der Waals surface area contributed by atoms with Gasteiger partial charge < -0.3 is 26.0 Å². The second kappa shape index (κ2) is 21.3. The number of esters is 1. The van der Waals surface area contributed by atoms with E-state index in [2.05, 4.69) is 21.3 Å². The Morgan fingerprint density at radius 2 is 1.06 bits per heavy atom. The van der Waals surface area contributed by atoms with E-state index in [4.69, 9.17) is 4.74 Å². The van der Waals surface area contributed by atoms with Gasteiger partial charge in [0.05, 0.1) is 34.0 Å². The lowest BCUT2D eigenvalue weighted by atomic mass is 9.83. The van der Waals surface area contributed by atoms with E-state index in [1.807, 2.05) is 101 Å². The molecule has 0 atom stereocenters. The van der Waals surface area contributed by atoms with Gasteiger partial charge in [-0.3, -0.25) is 18.7 Å². The molecule has 0 radical (unpaired) electrons. The number of nitrogens with one attached hydrogen (secondary N) is 4. The third-order valence-electron chi connectivity index (χ3n) is 12.5. The third kappa shape index (κ3) is 11.2. The molecule has 0 aliphatic rings. The molecule has 0 fully saturated rings. The predicted octanol–water partition coefficient (Wildman–Crippen LogP) is 10.2. The molecule has 0 aromatic heterocycles. The van der Waals surface area contributed by atoms with Crippen LogP contribution in [0.4, 0.5) is 22.7 Å². The van der Waals surface area contributed by atoms with Gasteiger partial charge in [0, 0.05) is 60.7 Å². The molecule has 0 unspecified atom stereocenters. The number of amides is 2. The molecule has 0 bridgehead atoms. The van der Waals surface area contributed by atoms with E-state index in [1.165, 1.54) is 19.2 Å². The number of hydrogen-bond acceptors (Lipinski definition) is 10. The predicted molar refractivity (Wildman–Crippen MR) is 279 cm³/mol. The highest BCUT2D eigenvalue weighted by molar-refractivity contribution is 7.86. The van der Waals surface area contributed by atoms with Gasteiger partial charge in [-0.2, -0.15) is 16.8 Å². The fraction of sp³-hybridized carbons (Fsp3) is 0.179. The fourth-order valence-electron chi connectivity index (χ4n) is 9.15. The molecule has 6 N–H and O–H groups in total. The minimum Gasteiger partial charge on any atom is -0.457 e. The van der Waals surface area contributed by atoms with Crippen LogP contribution in [0.3, 0.4) is 0 Å². The first-order valence-corrected chi connectivity index (χ1v) is 25.7. The summed E-state index contributed by atoms with van der Waals surface area (Å²) in [5.74, 6) is -1.17. The van der Waals surface area contributed by atoms with Crippen molar-refractivity contribution < 1.29 is 45.1 Å². The molecule has 0 spiro atoms. The molecule has 2 amide bonds. The summed E-state index contributed by atoms with van der Waals surface area (Å²) in [4.78, 5) is 39.2. The highest BCUT2D eigenvalue weighted by Crippen LogP contribution is 2.41. The molecule has 14 nitrogen and oxygen atoms in total. The van der Waals surface area contributed by atoms with Crippen LogP contribution in [0.2, 0.25) is 0 Å². The fourth-order valence-corrected chi connectivity index (χ4v) is 10.5. The van der Waals surface area contributed by atoms with Crippen LogP contribution >= 0.6 is 0 Å². The molecule has 72 heavy (non-hydrogen) atoms. The molecule has 0 saturated carbocycles. The van der Waals surface area contributed by atoms with Gasteiger partial charge in [0.2, 0.25) is 0 Å². The zero-order chi connectivity index (χ0) is 52.2. The van der Waals surface area contributed by atoms with Gasteiger partial charge in [-0.05, 0) is 129 Å². The van der Waals surface area contributed by atoms with E-state index >= 15 is 0 Å². The number of anilines is 4. The number of hydrogen-bond donors (Lipinski definition) is 6. The van der Waals surface area contributed by atoms with E-state index < -0.39 is 36.0 Å². The lowest BCUT2D eigenvalue weighted by Gasteiger charge is -2.22. The highest BCUT2D eigenvalue weighted by atomic mass is 32.2. The van der Waals surface area contributed by atoms with Gasteiger partial charge in [0.25, 0.3) is 21.9 Å². The molecule has 16 heteroatoms. The average Bonchev–Trinajstić information content (AvgIpc) is 3.34. The first kappa shape index (κ1) is 52.1. The quantitative estimate of drug-likeness (QED) is 0.0231. The molecule has 7 rings (SSSR count). The van der Waals surface area contributed by atoms with E-state index in [9.17, 15) is 40.3 Å². The Bertz CT molecular complexity index is 3490. The summed E-state index contributed by atoms with van der Waals surface area (Å²) >= 11 is 0. The van der Waals surface area contributed by atoms with Crippen molar-refractivity contribution in [3.05, 3.63) is 217 Å². The zero-order valence-electron chi connectivity index (χ0n) is 41.0. The zero-order valence-corrected chi connectivity index (χ0v) is 42.6. The van der Waals surface area contributed by atoms with Crippen LogP contribution in [0.5, 0.6) is 0 Å². The molecule has 0 heterocycles. The average molecular weight is 1010 g/mol. The van der Waals surface area contributed by atoms with Gasteiger partial charge in [0.1, 0.15) is 22.0 Å². The molecule has 0 aliphatic carbocycles. The van der Waals surface area contributed by atoms with Crippen molar-refractivity contribution in [3.63, 3.8) is 0 Å². The summed E-state index contributed by atoms with van der Waals surface area (Å²) in [5, 5.41) is 12.4. The van der Waals surface area contributed by atoms with E-state index in [-0.39, 0.29) is 46.7 Å². The van der Waals surface area contributed by atoms with E-state index in [1.54, 1.807) is 50.4 Å². The number of carbonyl (C=O) groups excluding carboxylic acids is 3. The molecule has 7 aromatic carbocycles. The van der Waals surface area contributed by atoms with Crippen molar-refractivity contribution in [3.8, 4) is 0 Å². The Morgan fingerprint density at radius 1 is 0.556 bits per heavy atom. The molecule has 7 aromatic rings. The molecule has 0 saturated heterocycles. The van der Waals surface area contributed by atoms with Crippen molar-refractivity contribution in [2.45, 2.75) is 64.4 Å². The Labute approximate surface area is 420 Å². The van der Waals surface area contributed by atoms with Gasteiger partial charge in [-0.15, -0.1) is 0 Å². The molecular formula is C56H55N4O10S2+. The van der Waals surface area contributed by atoms with Gasteiger partial charge >= 0.3 is 16.1 Å². The van der Waals surface area contributed by atoms with Crippen molar-refractivity contribution >= 4 is 60.8 Å². The topological polar surface area (TPSA) is 217 Å². The maximum absolute atomic E-state index is 14.5. The standard InChI is InChI=1S/C56H54N4O10S2/c1-32-25-34(3)52(36(5)49(32)54(61)57-7)59-46-23-19-40(28-42(46)27-38-15-11-9-12-16-38)51(44-22-21-43(71(64,65)66)30-48(44)72(67,68)69)41-20-24-47(45(29-41)56(63)70-31-39-17-13-10-14-18-39)60-53-35(4)26-33(2)50(37(53)6)55(62)58-8/h9-26,28-30,59H,27,31H2,1-8H3,(H4-,57,58,60,61,62,63,64,65,66,67,68,69)/p+1. The lowest BCUT2D eigenvalue weighted by Crippen LogP contribution is -2.21. The highest BCUT2D eigenvalue weighted by Gasteiger charge is 2.34. The van der Waals surface area contributed by atoms with Crippen LogP contribution < -0.4 is 21.3 Å². The summed E-state index contributed by atoms with van der Waals surface area (Å²) in [6.07, 6.45) is 0.344. The van der Waals surface area contributed by atoms with Crippen LogP contribution in [0, 0.1) is 47.5 Å². The summed E-state index contributed by atoms with van der Waals surface area (Å²) < 4.78 is 78.5. The lowest BCUT2D eigenvalue weighted by molar-refractivity contribution is 0.0473. The minimum atomic E-state index is -5.23. The van der Waals surface area contributed by atoms with Crippen LogP contribution in [0.25, 0.3) is 0 Å². The van der Waals surface area contributed by atoms with Crippen LogP contribution in [0.1, 0.15) is 97.8 Å². The molecule has 0 aliphatic heterocycles. The monoisotopic (exact) mass is 1010 g/mol. The third-order valence-corrected chi connectivity index (χ3v) is 14.3. The van der Waals surface area contributed by atoms with Crippen LogP contribution in [-0.2, 0) is 38.0 Å². The smallest absolute Gasteiger partial charge is 0.346 e. The van der Waals surface area contributed by atoms with Crippen molar-refractivity contribution in [1.29, 1.82) is 0 Å². The van der Waals surface area contributed by atoms with Gasteiger partial charge in [-0.1, -0.05) is 72.8 Å². The van der Waals surface area contributed by atoms with Crippen molar-refractivity contribution in [1.82, 2.24) is 10.6 Å². The van der Waals surface area contributed by atoms with Crippen molar-refractivity contribution in [2.75, 3.05) is 24.7 Å².